The summed E-state index contributed by atoms with van der Waals surface area (Å²) in [6.45, 7) is 19.2. The van der Waals surface area contributed by atoms with E-state index in [1.54, 1.807) is 0 Å². The molecule has 0 amide bonds. The highest BCUT2D eigenvalue weighted by atomic mass is 32.2. The number of alkyl halides is 6. The first-order valence-corrected chi connectivity index (χ1v) is 13.6. The second-order valence-electron chi connectivity index (χ2n) is 9.61. The van der Waals surface area contributed by atoms with Crippen LogP contribution in [0.4, 0.5) is 26.3 Å². The number of aryl methyl sites for hydroxylation is 2. The minimum absolute atomic E-state index is 0.00702. The minimum Gasteiger partial charge on any atom is -0.226 e. The largest absolute Gasteiger partial charge is 0.446 e. The second-order valence-corrected chi connectivity index (χ2v) is 11.9. The zero-order valence-corrected chi connectivity index (χ0v) is 23.2. The smallest absolute Gasteiger partial charge is 0.226 e. The highest BCUT2D eigenvalue weighted by Crippen LogP contribution is 2.50. The standard InChI is InChI=1S/C30H14F6N4S2/c1-13-5-14(2)16-9-20-25(18(16)6-13)28(23(12-38)40-4)21-10-17-19(26(21)27(20)22(11-37)39-3)7-15(41-29(31,32)33)8-24(17)42-30(34,35)36/h5-8H,9-10H2,1-2H3/b27-22+,28-23-. The quantitative estimate of drug-likeness (QED) is 0.117. The summed E-state index contributed by atoms with van der Waals surface area (Å²) in [5, 5.41) is 20.2. The van der Waals surface area contributed by atoms with Crippen LogP contribution >= 0.6 is 23.5 Å². The van der Waals surface area contributed by atoms with E-state index in [4.69, 9.17) is 13.1 Å². The molecule has 12 heteroatoms. The summed E-state index contributed by atoms with van der Waals surface area (Å²) >= 11 is -1.13. The van der Waals surface area contributed by atoms with Crippen molar-refractivity contribution in [2.45, 2.75) is 47.5 Å². The number of rotatable bonds is 2. The maximum absolute atomic E-state index is 13.6. The maximum Gasteiger partial charge on any atom is 0.446 e. The Morgan fingerprint density at radius 3 is 1.71 bits per heavy atom. The van der Waals surface area contributed by atoms with Crippen molar-refractivity contribution in [3.8, 4) is 34.4 Å². The van der Waals surface area contributed by atoms with Gasteiger partial charge in [-0.05, 0) is 112 Å². The van der Waals surface area contributed by atoms with Gasteiger partial charge in [0.25, 0.3) is 11.4 Å². The Morgan fingerprint density at radius 2 is 1.24 bits per heavy atom. The highest BCUT2D eigenvalue weighted by Gasteiger charge is 2.38. The third-order valence-corrected chi connectivity index (χ3v) is 8.64. The molecule has 0 unspecified atom stereocenters. The van der Waals surface area contributed by atoms with Crippen LogP contribution in [0.2, 0.25) is 0 Å². The van der Waals surface area contributed by atoms with Crippen LogP contribution in [0.15, 0.2) is 34.1 Å². The first kappa shape index (κ1) is 29.1. The van der Waals surface area contributed by atoms with E-state index >= 15 is 0 Å². The first-order chi connectivity index (χ1) is 19.7. The van der Waals surface area contributed by atoms with Gasteiger partial charge in [0.2, 0.25) is 0 Å². The van der Waals surface area contributed by atoms with Crippen molar-refractivity contribution in [3.63, 3.8) is 0 Å². The Kier molecular flexibility index (Phi) is 7.06. The van der Waals surface area contributed by atoms with Gasteiger partial charge in [-0.25, -0.2) is 20.2 Å². The zero-order valence-electron chi connectivity index (χ0n) is 21.6. The molecule has 0 aromatic heterocycles. The summed E-state index contributed by atoms with van der Waals surface area (Å²) in [5.74, 6) is 0. The molecule has 0 heterocycles. The van der Waals surface area contributed by atoms with Crippen LogP contribution in [-0.4, -0.2) is 11.0 Å². The molecule has 0 aliphatic heterocycles. The van der Waals surface area contributed by atoms with E-state index in [0.717, 1.165) is 28.8 Å². The van der Waals surface area contributed by atoms with E-state index in [1.165, 1.54) is 0 Å². The Balaban J connectivity index is 2.05. The Morgan fingerprint density at radius 1 is 0.738 bits per heavy atom. The molecule has 2 aliphatic carbocycles. The van der Waals surface area contributed by atoms with Crippen LogP contribution in [0.25, 0.3) is 43.3 Å². The van der Waals surface area contributed by atoms with Gasteiger partial charge in [0.05, 0.1) is 25.3 Å². The maximum atomic E-state index is 13.6. The summed E-state index contributed by atoms with van der Waals surface area (Å²) in [6.07, 6.45) is -0.0481. The van der Waals surface area contributed by atoms with Gasteiger partial charge in [-0.2, -0.15) is 26.3 Å². The molecule has 0 atom stereocenters. The van der Waals surface area contributed by atoms with Crippen molar-refractivity contribution in [1.82, 2.24) is 0 Å². The minimum atomic E-state index is -4.83. The monoisotopic (exact) mass is 608 g/mol. The van der Waals surface area contributed by atoms with E-state index in [2.05, 4.69) is 9.69 Å². The van der Waals surface area contributed by atoms with Crippen LogP contribution in [0.5, 0.6) is 0 Å². The molecule has 4 nitrogen and oxygen atoms in total. The lowest BCUT2D eigenvalue weighted by Crippen LogP contribution is -2.25. The molecule has 3 aromatic rings. The summed E-state index contributed by atoms with van der Waals surface area (Å²) in [4.78, 5) is 5.84. The fourth-order valence-corrected chi connectivity index (χ4v) is 7.28. The molecule has 3 aromatic carbocycles. The Bertz CT molecular complexity index is 2000. The van der Waals surface area contributed by atoms with Crippen molar-refractivity contribution in [1.29, 1.82) is 10.5 Å². The number of thioether (sulfide) groups is 2. The zero-order chi connectivity index (χ0) is 30.7. The number of benzene rings is 3. The van der Waals surface area contributed by atoms with Crippen molar-refractivity contribution < 1.29 is 26.3 Å². The lowest BCUT2D eigenvalue weighted by Gasteiger charge is -2.15. The molecule has 0 bridgehead atoms. The van der Waals surface area contributed by atoms with Crippen molar-refractivity contribution in [3.05, 3.63) is 90.9 Å². The second kappa shape index (κ2) is 10.2. The highest BCUT2D eigenvalue weighted by molar-refractivity contribution is 8.01. The Hall–Kier alpha value is -4.36. The van der Waals surface area contributed by atoms with Gasteiger partial charge in [-0.15, -0.1) is 0 Å². The molecule has 42 heavy (non-hydrogen) atoms. The average molecular weight is 609 g/mol. The van der Waals surface area contributed by atoms with Crippen LogP contribution in [-0.2, 0) is 12.8 Å². The molecule has 0 saturated heterocycles. The van der Waals surface area contributed by atoms with Crippen molar-refractivity contribution in [2.75, 3.05) is 0 Å². The number of hydrogen-bond acceptors (Lipinski definition) is 4. The number of nitrogens with zero attached hydrogens (tertiary/aromatic N) is 4. The lowest BCUT2D eigenvalue weighted by atomic mass is 9.90. The molecule has 5 rings (SSSR count). The van der Waals surface area contributed by atoms with Crippen LogP contribution in [0.3, 0.4) is 0 Å². The van der Waals surface area contributed by atoms with Gasteiger partial charge in [-0.1, -0.05) is 17.7 Å². The number of halogens is 6. The van der Waals surface area contributed by atoms with Gasteiger partial charge in [0.1, 0.15) is 0 Å². The molecule has 0 saturated carbocycles. The third-order valence-electron chi connectivity index (χ3n) is 7.12. The summed E-state index contributed by atoms with van der Waals surface area (Å²) in [7, 11) is 0. The van der Waals surface area contributed by atoms with Crippen molar-refractivity contribution in [2.24, 2.45) is 0 Å². The topological polar surface area (TPSA) is 56.3 Å². The lowest BCUT2D eigenvalue weighted by molar-refractivity contribution is -0.0334. The van der Waals surface area contributed by atoms with Crippen LogP contribution < -0.4 is 10.4 Å². The van der Waals surface area contributed by atoms with E-state index < -0.39 is 44.3 Å². The van der Waals surface area contributed by atoms with Gasteiger partial charge < -0.3 is 0 Å². The summed E-state index contributed by atoms with van der Waals surface area (Å²) in [5.41, 5.74) is -5.82. The number of nitriles is 2. The predicted molar refractivity (Wildman–Crippen MR) is 147 cm³/mol. The molecule has 208 valence electrons. The molecule has 0 spiro atoms. The molecule has 2 aliphatic rings. The summed E-state index contributed by atoms with van der Waals surface area (Å²) < 4.78 is 81.1. The van der Waals surface area contributed by atoms with E-state index in [1.807, 2.05) is 38.1 Å². The molecular weight excluding hydrogens is 594 g/mol. The number of hydrogen-bond donors (Lipinski definition) is 0. The average Bonchev–Trinajstić information content (AvgIpc) is 3.44. The van der Waals surface area contributed by atoms with E-state index in [9.17, 15) is 36.9 Å². The van der Waals surface area contributed by atoms with Gasteiger partial charge >= 0.3 is 11.0 Å². The van der Waals surface area contributed by atoms with Crippen LogP contribution in [0.1, 0.15) is 33.4 Å². The van der Waals surface area contributed by atoms with E-state index in [0.29, 0.717) is 16.7 Å². The third kappa shape index (κ3) is 4.88. The van der Waals surface area contributed by atoms with Gasteiger partial charge in [0.15, 0.2) is 0 Å². The van der Waals surface area contributed by atoms with Crippen LogP contribution in [0, 0.1) is 49.7 Å². The summed E-state index contributed by atoms with van der Waals surface area (Å²) in [6, 6.07) is 9.45. The SMILES string of the molecule is [C-]#[N+]/C(C#N)=c1/c2c(/c(=C(\C#N)[N+]#[C-])c3c1-c1cc(C)cc(C)c1C3)-c1cc(SC(F)(F)F)cc(SC(F)(F)F)c1C2. The number of fused-ring (bicyclic) bond motifs is 6. The molecule has 0 fully saturated rings. The fourth-order valence-electron chi connectivity index (χ4n) is 5.84. The van der Waals surface area contributed by atoms with E-state index in [-0.39, 0.29) is 56.9 Å². The van der Waals surface area contributed by atoms with Gasteiger partial charge in [0, 0.05) is 20.2 Å². The molecule has 0 N–H and O–H groups in total. The fraction of sp³-hybridized carbons (Fsp3) is 0.200. The molecule has 0 radical (unpaired) electrons. The van der Waals surface area contributed by atoms with Gasteiger partial charge in [-0.3, -0.25) is 0 Å². The first-order valence-electron chi connectivity index (χ1n) is 12.0. The normalized spacial score (nSPS) is 14.4. The Labute approximate surface area is 244 Å². The molecular formula is C30H14F6N4S2. The predicted octanol–water partition coefficient (Wildman–Crippen LogP) is 7.77. The van der Waals surface area contributed by atoms with Crippen molar-refractivity contribution >= 4 is 34.9 Å².